The summed E-state index contributed by atoms with van der Waals surface area (Å²) < 4.78 is 0. The second-order valence-corrected chi connectivity index (χ2v) is 3.61. The van der Waals surface area contributed by atoms with Gasteiger partial charge in [0.2, 0.25) is 11.8 Å². The van der Waals surface area contributed by atoms with Crippen molar-refractivity contribution in [3.63, 3.8) is 0 Å². The number of carbonyl (C=O) groups excluding carboxylic acids is 2. The monoisotopic (exact) mass is 198 g/mol. The van der Waals surface area contributed by atoms with Gasteiger partial charge in [0.1, 0.15) is 0 Å². The van der Waals surface area contributed by atoms with Crippen LogP contribution in [0.3, 0.4) is 0 Å². The zero-order valence-electron chi connectivity index (χ0n) is 8.71. The number of rotatable bonds is 3. The number of carbonyl (C=O) groups is 2. The van der Waals surface area contributed by atoms with Gasteiger partial charge in [-0.3, -0.25) is 9.59 Å². The summed E-state index contributed by atoms with van der Waals surface area (Å²) in [6.07, 6.45) is 4.09. The van der Waals surface area contributed by atoms with Crippen LogP contribution >= 0.6 is 0 Å². The number of amides is 2. The van der Waals surface area contributed by atoms with Gasteiger partial charge in [-0.25, -0.2) is 0 Å². The van der Waals surface area contributed by atoms with E-state index in [-0.39, 0.29) is 11.8 Å². The predicted molar refractivity (Wildman–Crippen MR) is 53.7 cm³/mol. The molecule has 14 heavy (non-hydrogen) atoms. The molecule has 2 amide bonds. The summed E-state index contributed by atoms with van der Waals surface area (Å²) in [5, 5.41) is 2.51. The molecule has 4 nitrogen and oxygen atoms in total. The summed E-state index contributed by atoms with van der Waals surface area (Å²) in [4.78, 5) is 24.3. The van der Waals surface area contributed by atoms with Crippen molar-refractivity contribution in [1.82, 2.24) is 10.2 Å². The second-order valence-electron chi connectivity index (χ2n) is 3.61. The van der Waals surface area contributed by atoms with Crippen LogP contribution in [-0.2, 0) is 9.59 Å². The van der Waals surface area contributed by atoms with E-state index in [0.717, 1.165) is 25.9 Å². The summed E-state index contributed by atoms with van der Waals surface area (Å²) in [5.41, 5.74) is 0. The lowest BCUT2D eigenvalue weighted by Gasteiger charge is -2.26. The lowest BCUT2D eigenvalue weighted by Crippen LogP contribution is -2.36. The highest BCUT2D eigenvalue weighted by molar-refractivity contribution is 5.83. The van der Waals surface area contributed by atoms with Crippen LogP contribution in [0, 0.1) is 0 Å². The van der Waals surface area contributed by atoms with Crippen LogP contribution in [0.4, 0.5) is 0 Å². The normalized spacial score (nSPS) is 16.5. The minimum Gasteiger partial charge on any atom is -0.359 e. The van der Waals surface area contributed by atoms with Crippen molar-refractivity contribution in [1.29, 1.82) is 0 Å². The minimum atomic E-state index is -0.0599. The quantitative estimate of drug-likeness (QED) is 0.719. The first-order valence-corrected chi connectivity index (χ1v) is 5.22. The highest BCUT2D eigenvalue weighted by atomic mass is 16.2. The molecule has 1 aliphatic rings. The van der Waals surface area contributed by atoms with Crippen molar-refractivity contribution in [2.75, 3.05) is 20.1 Å². The van der Waals surface area contributed by atoms with Crippen LogP contribution < -0.4 is 5.32 Å². The lowest BCUT2D eigenvalue weighted by atomic mass is 10.1. The first kappa shape index (κ1) is 11.0. The Morgan fingerprint density at radius 2 is 1.79 bits per heavy atom. The number of likely N-dealkylation sites (tertiary alicyclic amines) is 1. The molecule has 0 spiro atoms. The Kier molecular flexibility index (Phi) is 4.43. The van der Waals surface area contributed by atoms with Gasteiger partial charge in [-0.1, -0.05) is 0 Å². The number of nitrogens with one attached hydrogen (secondary N) is 1. The number of nitrogens with zero attached hydrogens (tertiary/aromatic N) is 1. The summed E-state index contributed by atoms with van der Waals surface area (Å²) in [6, 6.07) is 0. The third kappa shape index (κ3) is 3.36. The number of piperidine rings is 1. The average Bonchev–Trinajstić information content (AvgIpc) is 2.26. The lowest BCUT2D eigenvalue weighted by molar-refractivity contribution is -0.134. The molecule has 1 fully saturated rings. The maximum Gasteiger partial charge on any atom is 0.223 e. The largest absolute Gasteiger partial charge is 0.359 e. The molecule has 80 valence electrons. The molecule has 0 saturated carbocycles. The Hall–Kier alpha value is -1.06. The Bertz CT molecular complexity index is 210. The van der Waals surface area contributed by atoms with Crippen molar-refractivity contribution < 1.29 is 9.59 Å². The summed E-state index contributed by atoms with van der Waals surface area (Å²) >= 11 is 0. The smallest absolute Gasteiger partial charge is 0.223 e. The van der Waals surface area contributed by atoms with Gasteiger partial charge in [-0.05, 0) is 19.3 Å². The van der Waals surface area contributed by atoms with E-state index in [1.54, 1.807) is 7.05 Å². The molecular formula is C10H18N2O2. The molecule has 1 aliphatic heterocycles. The third-order valence-corrected chi connectivity index (χ3v) is 2.55. The SMILES string of the molecule is CNC(=O)CCC(=O)N1CCCCC1. The number of hydrogen-bond acceptors (Lipinski definition) is 2. The maximum absolute atomic E-state index is 11.6. The van der Waals surface area contributed by atoms with E-state index < -0.39 is 0 Å². The van der Waals surface area contributed by atoms with Crippen LogP contribution in [-0.4, -0.2) is 36.9 Å². The van der Waals surface area contributed by atoms with E-state index in [4.69, 9.17) is 0 Å². The molecule has 0 atom stereocenters. The van der Waals surface area contributed by atoms with Gasteiger partial charge in [-0.15, -0.1) is 0 Å². The van der Waals surface area contributed by atoms with E-state index in [9.17, 15) is 9.59 Å². The van der Waals surface area contributed by atoms with Gasteiger partial charge in [0.25, 0.3) is 0 Å². The fraction of sp³-hybridized carbons (Fsp3) is 0.800. The highest BCUT2D eigenvalue weighted by Gasteiger charge is 2.16. The topological polar surface area (TPSA) is 49.4 Å². The Labute approximate surface area is 84.7 Å². The molecule has 1 saturated heterocycles. The molecule has 1 rings (SSSR count). The van der Waals surface area contributed by atoms with Gasteiger partial charge in [0.05, 0.1) is 0 Å². The molecule has 0 unspecified atom stereocenters. The molecule has 1 heterocycles. The van der Waals surface area contributed by atoms with E-state index >= 15 is 0 Å². The maximum atomic E-state index is 11.6. The summed E-state index contributed by atoms with van der Waals surface area (Å²) in [7, 11) is 1.59. The standard InChI is InChI=1S/C10H18N2O2/c1-11-9(13)5-6-10(14)12-7-3-2-4-8-12/h2-8H2,1H3,(H,11,13). The van der Waals surface area contributed by atoms with Crippen molar-refractivity contribution in [2.24, 2.45) is 0 Å². The fourth-order valence-electron chi connectivity index (χ4n) is 1.65. The average molecular weight is 198 g/mol. The first-order valence-electron chi connectivity index (χ1n) is 5.22. The Morgan fingerprint density at radius 3 is 2.36 bits per heavy atom. The van der Waals surface area contributed by atoms with Gasteiger partial charge in [0.15, 0.2) is 0 Å². The minimum absolute atomic E-state index is 0.0599. The third-order valence-electron chi connectivity index (χ3n) is 2.55. The van der Waals surface area contributed by atoms with Crippen LogP contribution in [0.25, 0.3) is 0 Å². The molecule has 1 N–H and O–H groups in total. The molecule has 0 radical (unpaired) electrons. The van der Waals surface area contributed by atoms with Gasteiger partial charge in [0, 0.05) is 33.0 Å². The zero-order valence-corrected chi connectivity index (χ0v) is 8.71. The highest BCUT2D eigenvalue weighted by Crippen LogP contribution is 2.10. The molecular weight excluding hydrogens is 180 g/mol. The Balaban J connectivity index is 2.23. The predicted octanol–water partition coefficient (Wildman–Crippen LogP) is 0.525. The molecule has 4 heteroatoms. The number of hydrogen-bond donors (Lipinski definition) is 1. The van der Waals surface area contributed by atoms with Gasteiger partial charge < -0.3 is 10.2 Å². The molecule has 0 aromatic rings. The van der Waals surface area contributed by atoms with Crippen LogP contribution in [0.2, 0.25) is 0 Å². The molecule has 0 aliphatic carbocycles. The van der Waals surface area contributed by atoms with Crippen molar-refractivity contribution in [2.45, 2.75) is 32.1 Å². The summed E-state index contributed by atoms with van der Waals surface area (Å²) in [5.74, 6) is 0.0589. The van der Waals surface area contributed by atoms with Gasteiger partial charge in [-0.2, -0.15) is 0 Å². The van der Waals surface area contributed by atoms with E-state index in [1.165, 1.54) is 6.42 Å². The first-order chi connectivity index (χ1) is 6.74. The second kappa shape index (κ2) is 5.62. The van der Waals surface area contributed by atoms with Crippen molar-refractivity contribution in [3.05, 3.63) is 0 Å². The Morgan fingerprint density at radius 1 is 1.14 bits per heavy atom. The fourth-order valence-corrected chi connectivity index (χ4v) is 1.65. The molecule has 0 bridgehead atoms. The van der Waals surface area contributed by atoms with E-state index in [0.29, 0.717) is 12.8 Å². The zero-order chi connectivity index (χ0) is 10.4. The van der Waals surface area contributed by atoms with E-state index in [1.807, 2.05) is 4.90 Å². The van der Waals surface area contributed by atoms with Crippen LogP contribution in [0.15, 0.2) is 0 Å². The van der Waals surface area contributed by atoms with E-state index in [2.05, 4.69) is 5.32 Å². The van der Waals surface area contributed by atoms with Crippen molar-refractivity contribution in [3.8, 4) is 0 Å². The molecule has 0 aromatic carbocycles. The molecule has 0 aromatic heterocycles. The van der Waals surface area contributed by atoms with Crippen LogP contribution in [0.5, 0.6) is 0 Å². The van der Waals surface area contributed by atoms with Crippen molar-refractivity contribution >= 4 is 11.8 Å². The summed E-state index contributed by atoms with van der Waals surface area (Å²) in [6.45, 7) is 1.74. The van der Waals surface area contributed by atoms with Gasteiger partial charge >= 0.3 is 0 Å². The van der Waals surface area contributed by atoms with Crippen LogP contribution in [0.1, 0.15) is 32.1 Å².